The molecule has 0 aromatic heterocycles. The maximum Gasteiger partial charge on any atom is 0.408 e. The Morgan fingerprint density at radius 3 is 2.80 bits per heavy atom. The van der Waals surface area contributed by atoms with Gasteiger partial charge in [-0.1, -0.05) is 30.3 Å². The third kappa shape index (κ3) is 4.14. The summed E-state index contributed by atoms with van der Waals surface area (Å²) in [5, 5.41) is 10.8. The number of rotatable bonds is 3. The number of alkyl carbamates (subject to hydrolysis) is 1. The summed E-state index contributed by atoms with van der Waals surface area (Å²) in [5.74, 6) is 0. The number of hydrogen-bond acceptors (Lipinski definition) is 3. The summed E-state index contributed by atoms with van der Waals surface area (Å²) >= 11 is 0. The van der Waals surface area contributed by atoms with Crippen LogP contribution in [0.4, 0.5) is 4.79 Å². The number of nitriles is 1. The zero-order valence-electron chi connectivity index (χ0n) is 8.43. The van der Waals surface area contributed by atoms with Gasteiger partial charge in [-0.2, -0.15) is 5.26 Å². The zero-order valence-corrected chi connectivity index (χ0v) is 8.43. The fourth-order valence-electron chi connectivity index (χ4n) is 0.974. The van der Waals surface area contributed by atoms with Crippen LogP contribution in [0.3, 0.4) is 0 Å². The summed E-state index contributed by atoms with van der Waals surface area (Å²) < 4.78 is 4.90. The van der Waals surface area contributed by atoms with Gasteiger partial charge in [-0.3, -0.25) is 0 Å². The van der Waals surface area contributed by atoms with Crippen LogP contribution in [-0.2, 0) is 11.3 Å². The molecule has 0 aliphatic rings. The molecular weight excluding hydrogens is 192 g/mol. The lowest BCUT2D eigenvalue weighted by Crippen LogP contribution is -2.31. The molecule has 0 fully saturated rings. The first-order valence-electron chi connectivity index (χ1n) is 4.59. The standard InChI is InChI=1S/C11H12N2O2/c1-9(7-12)13-11(14)15-8-10-5-3-2-4-6-10/h2-6,9H,8H2,1H3,(H,13,14)/t9-/m0/s1. The van der Waals surface area contributed by atoms with E-state index in [0.717, 1.165) is 5.56 Å². The SMILES string of the molecule is C[C@@H](C#N)NC(=O)OCc1ccccc1. The van der Waals surface area contributed by atoms with Crippen LogP contribution in [0, 0.1) is 11.3 Å². The van der Waals surface area contributed by atoms with Crippen molar-refractivity contribution in [1.82, 2.24) is 5.32 Å². The van der Waals surface area contributed by atoms with Gasteiger partial charge in [-0.15, -0.1) is 0 Å². The first kappa shape index (κ1) is 11.1. The van der Waals surface area contributed by atoms with Gasteiger partial charge in [0.1, 0.15) is 12.6 Å². The minimum absolute atomic E-state index is 0.213. The average Bonchev–Trinajstić information content (AvgIpc) is 2.27. The summed E-state index contributed by atoms with van der Waals surface area (Å²) in [6.45, 7) is 1.80. The van der Waals surface area contributed by atoms with E-state index >= 15 is 0 Å². The van der Waals surface area contributed by atoms with Crippen LogP contribution in [0.25, 0.3) is 0 Å². The molecule has 1 aromatic rings. The Labute approximate surface area is 88.5 Å². The second-order valence-corrected chi connectivity index (χ2v) is 3.06. The van der Waals surface area contributed by atoms with Crippen molar-refractivity contribution in [2.75, 3.05) is 0 Å². The van der Waals surface area contributed by atoms with Crippen molar-refractivity contribution >= 4 is 6.09 Å². The topological polar surface area (TPSA) is 62.1 Å². The highest BCUT2D eigenvalue weighted by Gasteiger charge is 2.06. The van der Waals surface area contributed by atoms with E-state index in [1.165, 1.54) is 0 Å². The fourth-order valence-corrected chi connectivity index (χ4v) is 0.974. The van der Waals surface area contributed by atoms with Crippen molar-refractivity contribution < 1.29 is 9.53 Å². The molecule has 0 aliphatic heterocycles. The Balaban J connectivity index is 2.32. The molecule has 1 aromatic carbocycles. The van der Waals surface area contributed by atoms with Gasteiger partial charge in [-0.05, 0) is 12.5 Å². The van der Waals surface area contributed by atoms with Crippen molar-refractivity contribution in [1.29, 1.82) is 5.26 Å². The van der Waals surface area contributed by atoms with Crippen LogP contribution in [0.15, 0.2) is 30.3 Å². The Hall–Kier alpha value is -2.02. The lowest BCUT2D eigenvalue weighted by Gasteiger charge is -2.07. The van der Waals surface area contributed by atoms with E-state index in [-0.39, 0.29) is 6.61 Å². The van der Waals surface area contributed by atoms with Gasteiger partial charge >= 0.3 is 6.09 Å². The minimum atomic E-state index is -0.576. The van der Waals surface area contributed by atoms with Gasteiger partial charge in [0.25, 0.3) is 0 Å². The summed E-state index contributed by atoms with van der Waals surface area (Å²) in [4.78, 5) is 11.1. The molecule has 0 saturated heterocycles. The van der Waals surface area contributed by atoms with Crippen LogP contribution in [0.2, 0.25) is 0 Å². The van der Waals surface area contributed by atoms with Crippen molar-refractivity contribution in [3.8, 4) is 6.07 Å². The predicted molar refractivity (Wildman–Crippen MR) is 54.8 cm³/mol. The van der Waals surface area contributed by atoms with E-state index in [1.54, 1.807) is 6.92 Å². The molecule has 0 saturated carbocycles. The lowest BCUT2D eigenvalue weighted by molar-refractivity contribution is 0.138. The molecule has 1 rings (SSSR count). The van der Waals surface area contributed by atoms with Gasteiger partial charge in [-0.25, -0.2) is 4.79 Å². The van der Waals surface area contributed by atoms with Gasteiger partial charge in [0.05, 0.1) is 6.07 Å². The predicted octanol–water partition coefficient (Wildman–Crippen LogP) is 1.82. The van der Waals surface area contributed by atoms with E-state index in [0.29, 0.717) is 0 Å². The molecule has 1 N–H and O–H groups in total. The van der Waals surface area contributed by atoms with Gasteiger partial charge in [0, 0.05) is 0 Å². The van der Waals surface area contributed by atoms with E-state index in [4.69, 9.17) is 10.00 Å². The minimum Gasteiger partial charge on any atom is -0.445 e. The zero-order chi connectivity index (χ0) is 11.1. The van der Waals surface area contributed by atoms with Gasteiger partial charge in [0.2, 0.25) is 0 Å². The molecule has 0 radical (unpaired) electrons. The Bertz CT molecular complexity index is 357. The number of ether oxygens (including phenoxy) is 1. The van der Waals surface area contributed by atoms with Gasteiger partial charge in [0.15, 0.2) is 0 Å². The number of carbonyl (C=O) groups is 1. The molecule has 0 spiro atoms. The average molecular weight is 204 g/mol. The first-order chi connectivity index (χ1) is 7.22. The normalized spacial score (nSPS) is 11.2. The lowest BCUT2D eigenvalue weighted by atomic mass is 10.2. The van der Waals surface area contributed by atoms with Crippen LogP contribution in [0.5, 0.6) is 0 Å². The Kier molecular flexibility index (Phi) is 4.17. The van der Waals surface area contributed by atoms with Crippen molar-refractivity contribution in [2.45, 2.75) is 19.6 Å². The van der Waals surface area contributed by atoms with Crippen LogP contribution < -0.4 is 5.32 Å². The van der Waals surface area contributed by atoms with Crippen LogP contribution in [0.1, 0.15) is 12.5 Å². The van der Waals surface area contributed by atoms with E-state index in [2.05, 4.69) is 5.32 Å². The molecule has 1 amide bonds. The molecule has 0 heterocycles. The Morgan fingerprint density at radius 2 is 2.20 bits per heavy atom. The Morgan fingerprint density at radius 1 is 1.53 bits per heavy atom. The molecule has 78 valence electrons. The smallest absolute Gasteiger partial charge is 0.408 e. The third-order valence-corrected chi connectivity index (χ3v) is 1.74. The molecular formula is C11H12N2O2. The number of carbonyl (C=O) groups excluding carboxylic acids is 1. The van der Waals surface area contributed by atoms with Crippen molar-refractivity contribution in [3.05, 3.63) is 35.9 Å². The summed E-state index contributed by atoms with van der Waals surface area (Å²) in [6, 6.07) is 10.7. The maximum atomic E-state index is 11.1. The van der Waals surface area contributed by atoms with Crippen molar-refractivity contribution in [3.63, 3.8) is 0 Å². The molecule has 1 atom stereocenters. The summed E-state index contributed by atoms with van der Waals surface area (Å²) in [5.41, 5.74) is 0.914. The highest BCUT2D eigenvalue weighted by molar-refractivity contribution is 5.67. The van der Waals surface area contributed by atoms with Crippen molar-refractivity contribution in [2.24, 2.45) is 0 Å². The molecule has 0 bridgehead atoms. The number of nitrogens with one attached hydrogen (secondary N) is 1. The quantitative estimate of drug-likeness (QED) is 0.816. The number of benzene rings is 1. The highest BCUT2D eigenvalue weighted by Crippen LogP contribution is 2.00. The van der Waals surface area contributed by atoms with Crippen LogP contribution in [-0.4, -0.2) is 12.1 Å². The molecule has 4 heteroatoms. The number of hydrogen-bond donors (Lipinski definition) is 1. The number of nitrogens with zero attached hydrogens (tertiary/aromatic N) is 1. The van der Waals surface area contributed by atoms with E-state index in [1.807, 2.05) is 36.4 Å². The van der Waals surface area contributed by atoms with E-state index in [9.17, 15) is 4.79 Å². The van der Waals surface area contributed by atoms with Crippen LogP contribution >= 0.6 is 0 Å². The monoisotopic (exact) mass is 204 g/mol. The molecule has 4 nitrogen and oxygen atoms in total. The highest BCUT2D eigenvalue weighted by atomic mass is 16.5. The number of amides is 1. The third-order valence-electron chi connectivity index (χ3n) is 1.74. The molecule has 15 heavy (non-hydrogen) atoms. The maximum absolute atomic E-state index is 11.1. The molecule has 0 aliphatic carbocycles. The second-order valence-electron chi connectivity index (χ2n) is 3.06. The summed E-state index contributed by atoms with van der Waals surface area (Å²) in [6.07, 6.45) is -0.576. The molecule has 0 unspecified atom stereocenters. The largest absolute Gasteiger partial charge is 0.445 e. The van der Waals surface area contributed by atoms with E-state index < -0.39 is 12.1 Å². The fraction of sp³-hybridized carbons (Fsp3) is 0.273. The van der Waals surface area contributed by atoms with Gasteiger partial charge < -0.3 is 10.1 Å². The first-order valence-corrected chi connectivity index (χ1v) is 4.59. The summed E-state index contributed by atoms with van der Waals surface area (Å²) in [7, 11) is 0. The second kappa shape index (κ2) is 5.66.